The van der Waals surface area contributed by atoms with Gasteiger partial charge < -0.3 is 15.8 Å². The number of benzene rings is 1. The summed E-state index contributed by atoms with van der Waals surface area (Å²) < 4.78 is 7.17. The van der Waals surface area contributed by atoms with Crippen LogP contribution in [0, 0.1) is 5.92 Å². The third kappa shape index (κ3) is 4.18. The molecule has 1 amide bonds. The van der Waals surface area contributed by atoms with Gasteiger partial charge in [0.2, 0.25) is 5.91 Å². The minimum atomic E-state index is -0.484. The van der Waals surface area contributed by atoms with Gasteiger partial charge in [-0.15, -0.1) is 0 Å². The molecule has 6 heteroatoms. The van der Waals surface area contributed by atoms with Crippen LogP contribution in [0.15, 0.2) is 42.7 Å². The van der Waals surface area contributed by atoms with Gasteiger partial charge in [0.05, 0.1) is 12.6 Å². The van der Waals surface area contributed by atoms with Crippen molar-refractivity contribution in [3.8, 4) is 0 Å². The molecule has 3 N–H and O–H groups in total. The lowest BCUT2D eigenvalue weighted by Gasteiger charge is -2.26. The van der Waals surface area contributed by atoms with E-state index in [0.29, 0.717) is 19.8 Å². The number of nitrogens with zero attached hydrogens (tertiary/aromatic N) is 2. The standard InChI is InChI=1S/C17H22N4O2/c18-16(14-6-10-23-11-7-14)17(22)20-15-4-2-13(3-5-15)12-21-9-1-8-19-21/h1-5,8-9,14,16H,6-7,10-12,18H2,(H,20,22). The molecule has 1 unspecified atom stereocenters. The molecule has 1 aromatic heterocycles. The second-order valence-corrected chi connectivity index (χ2v) is 5.87. The van der Waals surface area contributed by atoms with Crippen LogP contribution in [0.4, 0.5) is 5.69 Å². The van der Waals surface area contributed by atoms with Crippen molar-refractivity contribution in [1.82, 2.24) is 9.78 Å². The molecule has 2 aromatic rings. The van der Waals surface area contributed by atoms with Gasteiger partial charge in [-0.1, -0.05) is 12.1 Å². The number of nitrogens with one attached hydrogen (secondary N) is 1. The summed E-state index contributed by atoms with van der Waals surface area (Å²) >= 11 is 0. The number of nitrogens with two attached hydrogens (primary N) is 1. The van der Waals surface area contributed by atoms with Crippen molar-refractivity contribution < 1.29 is 9.53 Å². The van der Waals surface area contributed by atoms with Crippen LogP contribution in [0.3, 0.4) is 0 Å². The van der Waals surface area contributed by atoms with Crippen molar-refractivity contribution in [3.05, 3.63) is 48.3 Å². The summed E-state index contributed by atoms with van der Waals surface area (Å²) in [5, 5.41) is 7.08. The highest BCUT2D eigenvalue weighted by molar-refractivity contribution is 5.94. The molecule has 6 nitrogen and oxygen atoms in total. The van der Waals surface area contributed by atoms with Crippen molar-refractivity contribution in [2.45, 2.75) is 25.4 Å². The minimum absolute atomic E-state index is 0.128. The van der Waals surface area contributed by atoms with E-state index in [2.05, 4.69) is 10.4 Å². The molecule has 0 radical (unpaired) electrons. The molecule has 0 spiro atoms. The Hall–Kier alpha value is -2.18. The van der Waals surface area contributed by atoms with Gasteiger partial charge in [-0.2, -0.15) is 5.10 Å². The summed E-state index contributed by atoms with van der Waals surface area (Å²) in [4.78, 5) is 12.3. The summed E-state index contributed by atoms with van der Waals surface area (Å²) in [5.74, 6) is 0.0690. The van der Waals surface area contributed by atoms with Gasteiger partial charge in [-0.3, -0.25) is 9.48 Å². The first-order chi connectivity index (χ1) is 11.2. The van der Waals surface area contributed by atoms with Crippen LogP contribution in [0.5, 0.6) is 0 Å². The maximum atomic E-state index is 12.3. The zero-order chi connectivity index (χ0) is 16.1. The third-order valence-corrected chi connectivity index (χ3v) is 4.20. The fourth-order valence-electron chi connectivity index (χ4n) is 2.79. The van der Waals surface area contributed by atoms with Crippen molar-refractivity contribution in [2.24, 2.45) is 11.7 Å². The average Bonchev–Trinajstić information content (AvgIpc) is 3.10. The minimum Gasteiger partial charge on any atom is -0.381 e. The van der Waals surface area contributed by atoms with E-state index in [-0.39, 0.29) is 11.8 Å². The normalized spacial score (nSPS) is 16.9. The molecule has 23 heavy (non-hydrogen) atoms. The number of carbonyl (C=O) groups excluding carboxylic acids is 1. The number of rotatable bonds is 5. The summed E-state index contributed by atoms with van der Waals surface area (Å²) in [6.07, 6.45) is 5.36. The summed E-state index contributed by atoms with van der Waals surface area (Å²) in [6.45, 7) is 2.09. The maximum absolute atomic E-state index is 12.3. The van der Waals surface area contributed by atoms with Gasteiger partial charge in [0.1, 0.15) is 0 Å². The molecule has 1 aromatic carbocycles. The highest BCUT2D eigenvalue weighted by atomic mass is 16.5. The quantitative estimate of drug-likeness (QED) is 0.878. The molecule has 2 heterocycles. The van der Waals surface area contributed by atoms with E-state index in [9.17, 15) is 4.79 Å². The highest BCUT2D eigenvalue weighted by Crippen LogP contribution is 2.19. The van der Waals surface area contributed by atoms with E-state index in [1.54, 1.807) is 6.20 Å². The first kappa shape index (κ1) is 15.7. The van der Waals surface area contributed by atoms with Gasteiger partial charge in [0.25, 0.3) is 0 Å². The number of amides is 1. The topological polar surface area (TPSA) is 82.2 Å². The molecule has 1 aliphatic rings. The fourth-order valence-corrected chi connectivity index (χ4v) is 2.79. The molecule has 1 atom stereocenters. The average molecular weight is 314 g/mol. The largest absolute Gasteiger partial charge is 0.381 e. The Morgan fingerprint density at radius 3 is 2.74 bits per heavy atom. The Bertz CT molecular complexity index is 619. The van der Waals surface area contributed by atoms with E-state index in [1.165, 1.54) is 0 Å². The Labute approximate surface area is 135 Å². The number of hydrogen-bond acceptors (Lipinski definition) is 4. The smallest absolute Gasteiger partial charge is 0.241 e. The molecule has 0 bridgehead atoms. The predicted octanol–water partition coefficient (Wildman–Crippen LogP) is 1.62. The summed E-state index contributed by atoms with van der Waals surface area (Å²) in [5.41, 5.74) is 7.97. The third-order valence-electron chi connectivity index (χ3n) is 4.20. The van der Waals surface area contributed by atoms with Crippen LogP contribution in [0.2, 0.25) is 0 Å². The molecule has 0 saturated carbocycles. The van der Waals surface area contributed by atoms with Crippen LogP contribution in [-0.4, -0.2) is 34.9 Å². The van der Waals surface area contributed by atoms with Gasteiger partial charge in [0, 0.05) is 31.3 Å². The Kier molecular flexibility index (Phi) is 5.05. The Morgan fingerprint density at radius 1 is 1.35 bits per heavy atom. The zero-order valence-electron chi connectivity index (χ0n) is 13.0. The lowest BCUT2D eigenvalue weighted by atomic mass is 9.92. The number of ether oxygens (including phenoxy) is 1. The van der Waals surface area contributed by atoms with E-state index >= 15 is 0 Å². The van der Waals surface area contributed by atoms with Crippen molar-refractivity contribution in [2.75, 3.05) is 18.5 Å². The number of aromatic nitrogens is 2. The van der Waals surface area contributed by atoms with E-state index in [1.807, 2.05) is 41.2 Å². The Morgan fingerprint density at radius 2 is 2.09 bits per heavy atom. The molecule has 1 aliphatic heterocycles. The van der Waals surface area contributed by atoms with Gasteiger partial charge in [-0.05, 0) is 42.5 Å². The van der Waals surface area contributed by atoms with Crippen LogP contribution < -0.4 is 11.1 Å². The monoisotopic (exact) mass is 314 g/mol. The zero-order valence-corrected chi connectivity index (χ0v) is 13.0. The van der Waals surface area contributed by atoms with E-state index in [0.717, 1.165) is 24.1 Å². The van der Waals surface area contributed by atoms with Crippen LogP contribution in [0.1, 0.15) is 18.4 Å². The molecular formula is C17H22N4O2. The molecule has 0 aliphatic carbocycles. The van der Waals surface area contributed by atoms with Gasteiger partial charge in [0.15, 0.2) is 0 Å². The van der Waals surface area contributed by atoms with Crippen LogP contribution in [-0.2, 0) is 16.1 Å². The molecule has 122 valence electrons. The van der Waals surface area contributed by atoms with Crippen molar-refractivity contribution in [3.63, 3.8) is 0 Å². The van der Waals surface area contributed by atoms with Crippen LogP contribution in [0.25, 0.3) is 0 Å². The number of anilines is 1. The van der Waals surface area contributed by atoms with Crippen LogP contribution >= 0.6 is 0 Å². The number of hydrogen-bond donors (Lipinski definition) is 2. The predicted molar refractivity (Wildman–Crippen MR) is 87.9 cm³/mol. The fraction of sp³-hybridized carbons (Fsp3) is 0.412. The second kappa shape index (κ2) is 7.39. The van der Waals surface area contributed by atoms with Crippen molar-refractivity contribution >= 4 is 11.6 Å². The van der Waals surface area contributed by atoms with E-state index in [4.69, 9.17) is 10.5 Å². The summed E-state index contributed by atoms with van der Waals surface area (Å²) in [6, 6.07) is 9.17. The second-order valence-electron chi connectivity index (χ2n) is 5.87. The highest BCUT2D eigenvalue weighted by Gasteiger charge is 2.26. The van der Waals surface area contributed by atoms with Gasteiger partial charge >= 0.3 is 0 Å². The molecular weight excluding hydrogens is 292 g/mol. The van der Waals surface area contributed by atoms with Gasteiger partial charge in [-0.25, -0.2) is 0 Å². The molecule has 1 fully saturated rings. The van der Waals surface area contributed by atoms with E-state index < -0.39 is 6.04 Å². The maximum Gasteiger partial charge on any atom is 0.241 e. The molecule has 1 saturated heterocycles. The first-order valence-electron chi connectivity index (χ1n) is 7.93. The lowest BCUT2D eigenvalue weighted by Crippen LogP contribution is -2.43. The number of carbonyl (C=O) groups is 1. The van der Waals surface area contributed by atoms with Crippen molar-refractivity contribution in [1.29, 1.82) is 0 Å². The summed E-state index contributed by atoms with van der Waals surface area (Å²) in [7, 11) is 0. The SMILES string of the molecule is NC(C(=O)Nc1ccc(Cn2cccn2)cc1)C1CCOCC1. The lowest BCUT2D eigenvalue weighted by molar-refractivity contribution is -0.119. The Balaban J connectivity index is 1.55. The first-order valence-corrected chi connectivity index (χ1v) is 7.93. The molecule has 3 rings (SSSR count).